The second-order valence-corrected chi connectivity index (χ2v) is 9.85. The maximum Gasteiger partial charge on any atom is 0.238 e. The van der Waals surface area contributed by atoms with E-state index in [4.69, 9.17) is 27.3 Å². The summed E-state index contributed by atoms with van der Waals surface area (Å²) in [6, 6.07) is 27.8. The lowest BCUT2D eigenvalue weighted by molar-refractivity contribution is 0.954. The highest BCUT2D eigenvalue weighted by Gasteiger charge is 2.20. The van der Waals surface area contributed by atoms with E-state index < -0.39 is 42.3 Å². The van der Waals surface area contributed by atoms with Gasteiger partial charge in [-0.05, 0) is 22.7 Å². The molecule has 43 heavy (non-hydrogen) atoms. The van der Waals surface area contributed by atoms with E-state index in [2.05, 4.69) is 0 Å². The summed E-state index contributed by atoms with van der Waals surface area (Å²) in [5.74, 6) is 0.601. The standard InChI is InChI=1S/C39H26N4/c1-4-13-27(14-5-1)28-23-25-31(26-24-28)38-40-37(30-17-8-3-9-18-30)41-39(42-38)43-35-22-11-10-19-33(35)34-21-12-20-32(36(34)43)29-15-6-2-7-16-29/h1-26H/i2D,6D,7D,10D,11D,15D,16D,19D,22D. The van der Waals surface area contributed by atoms with Crippen LogP contribution in [-0.4, -0.2) is 19.5 Å². The van der Waals surface area contributed by atoms with Crippen molar-refractivity contribution in [3.8, 4) is 51.0 Å². The molecule has 202 valence electrons. The van der Waals surface area contributed by atoms with Crippen LogP contribution >= 0.6 is 0 Å². The van der Waals surface area contributed by atoms with Crippen LogP contribution in [-0.2, 0) is 0 Å². The van der Waals surface area contributed by atoms with E-state index in [9.17, 15) is 0 Å². The van der Waals surface area contributed by atoms with Gasteiger partial charge in [0.2, 0.25) is 5.95 Å². The molecule has 0 spiro atoms. The fourth-order valence-electron chi connectivity index (χ4n) is 5.31. The summed E-state index contributed by atoms with van der Waals surface area (Å²) in [6.07, 6.45) is 0. The van der Waals surface area contributed by atoms with Crippen LogP contribution in [0.5, 0.6) is 0 Å². The second kappa shape index (κ2) is 10.5. The molecule has 0 N–H and O–H groups in total. The summed E-state index contributed by atoms with van der Waals surface area (Å²) >= 11 is 0. The summed E-state index contributed by atoms with van der Waals surface area (Å²) in [6.45, 7) is 0. The second-order valence-electron chi connectivity index (χ2n) is 9.85. The molecule has 4 nitrogen and oxygen atoms in total. The monoisotopic (exact) mass is 559 g/mol. The van der Waals surface area contributed by atoms with E-state index in [0.717, 1.165) is 11.1 Å². The molecule has 0 saturated carbocycles. The smallest absolute Gasteiger partial charge is 0.238 e. The molecule has 0 atom stereocenters. The Labute approximate surface area is 262 Å². The highest BCUT2D eigenvalue weighted by molar-refractivity contribution is 6.13. The molecule has 0 amide bonds. The molecule has 8 aromatic rings. The van der Waals surface area contributed by atoms with Crippen molar-refractivity contribution < 1.29 is 12.3 Å². The van der Waals surface area contributed by atoms with Gasteiger partial charge >= 0.3 is 0 Å². The third-order valence-corrected chi connectivity index (χ3v) is 7.30. The number of hydrogen-bond acceptors (Lipinski definition) is 3. The molecule has 8 rings (SSSR count). The average Bonchev–Trinajstić information content (AvgIpc) is 3.54. The number of hydrogen-bond donors (Lipinski definition) is 0. The third kappa shape index (κ3) is 4.46. The normalized spacial score (nSPS) is 14.2. The van der Waals surface area contributed by atoms with Gasteiger partial charge in [0.1, 0.15) is 0 Å². The fourth-order valence-corrected chi connectivity index (χ4v) is 5.31. The summed E-state index contributed by atoms with van der Waals surface area (Å²) in [5.41, 5.74) is 3.78. The van der Waals surface area contributed by atoms with Gasteiger partial charge in [-0.15, -0.1) is 0 Å². The quantitative estimate of drug-likeness (QED) is 0.211. The van der Waals surface area contributed by atoms with E-state index in [1.54, 1.807) is 18.2 Å². The zero-order valence-electron chi connectivity index (χ0n) is 31.6. The fraction of sp³-hybridized carbons (Fsp3) is 0. The minimum Gasteiger partial charge on any atom is -0.277 e. The van der Waals surface area contributed by atoms with Gasteiger partial charge in [-0.3, -0.25) is 4.57 Å². The SMILES string of the molecule is [2H]c1c([2H])c([2H])c(-c2cccc3c4c([2H])c([2H])c([2H])c([2H])c4n(-c4nc(-c5ccccc5)nc(-c5ccc(-c6ccccc6)cc5)n4)c23)c([2H])c1[2H]. The van der Waals surface area contributed by atoms with Crippen LogP contribution in [0.3, 0.4) is 0 Å². The minimum absolute atomic E-state index is 0.0147. The minimum atomic E-state index is -0.543. The largest absolute Gasteiger partial charge is 0.277 e. The van der Waals surface area contributed by atoms with Crippen molar-refractivity contribution in [3.05, 3.63) is 158 Å². The molecule has 4 heteroatoms. The Morgan fingerprint density at radius 2 is 1.02 bits per heavy atom. The maximum absolute atomic E-state index is 9.10. The first-order chi connectivity index (χ1) is 25.1. The van der Waals surface area contributed by atoms with Crippen molar-refractivity contribution in [1.29, 1.82) is 0 Å². The molecule has 0 saturated heterocycles. The maximum atomic E-state index is 9.10. The van der Waals surface area contributed by atoms with Gasteiger partial charge in [0.25, 0.3) is 0 Å². The Kier molecular flexibility index (Phi) is 4.20. The molecule has 2 aromatic heterocycles. The summed E-state index contributed by atoms with van der Waals surface area (Å²) in [4.78, 5) is 14.6. The van der Waals surface area contributed by atoms with Crippen molar-refractivity contribution in [1.82, 2.24) is 19.5 Å². The Hall–Kier alpha value is -5.87. The number of rotatable bonds is 5. The first kappa shape index (κ1) is 17.2. The first-order valence-electron chi connectivity index (χ1n) is 18.1. The number of aromatic nitrogens is 4. The van der Waals surface area contributed by atoms with E-state index in [-0.39, 0.29) is 45.6 Å². The molecule has 0 aliphatic carbocycles. The van der Waals surface area contributed by atoms with E-state index in [1.807, 2.05) is 84.9 Å². The Balaban J connectivity index is 1.50. The van der Waals surface area contributed by atoms with Gasteiger partial charge in [-0.1, -0.05) is 151 Å². The average molecular weight is 560 g/mol. The van der Waals surface area contributed by atoms with Crippen LogP contribution in [0.4, 0.5) is 0 Å². The molecule has 2 heterocycles. The third-order valence-electron chi connectivity index (χ3n) is 7.30. The lowest BCUT2D eigenvalue weighted by Gasteiger charge is -2.13. The zero-order valence-corrected chi connectivity index (χ0v) is 22.6. The van der Waals surface area contributed by atoms with Crippen LogP contribution in [0.25, 0.3) is 72.8 Å². The molecule has 6 aromatic carbocycles. The van der Waals surface area contributed by atoms with Gasteiger partial charge in [0.05, 0.1) is 23.4 Å². The predicted octanol–water partition coefficient (Wildman–Crippen LogP) is 9.64. The number of para-hydroxylation sites is 2. The molecular weight excluding hydrogens is 524 g/mol. The van der Waals surface area contributed by atoms with E-state index in [0.29, 0.717) is 28.2 Å². The number of fused-ring (bicyclic) bond motifs is 3. The highest BCUT2D eigenvalue weighted by atomic mass is 15.2. The van der Waals surface area contributed by atoms with Crippen LogP contribution in [0, 0.1) is 0 Å². The topological polar surface area (TPSA) is 43.6 Å². The molecule has 0 radical (unpaired) electrons. The van der Waals surface area contributed by atoms with Crippen LogP contribution in [0.1, 0.15) is 12.3 Å². The number of nitrogens with zero attached hydrogens (tertiary/aromatic N) is 4. The highest BCUT2D eigenvalue weighted by Crippen LogP contribution is 2.38. The van der Waals surface area contributed by atoms with Crippen LogP contribution in [0.15, 0.2) is 158 Å². The molecule has 0 aliphatic heterocycles. The number of benzene rings is 6. The summed E-state index contributed by atoms with van der Waals surface area (Å²) < 4.78 is 79.3. The Morgan fingerprint density at radius 1 is 0.442 bits per heavy atom. The van der Waals surface area contributed by atoms with Gasteiger partial charge < -0.3 is 0 Å². The van der Waals surface area contributed by atoms with Crippen LogP contribution in [0.2, 0.25) is 0 Å². The van der Waals surface area contributed by atoms with Crippen molar-refractivity contribution in [2.75, 3.05) is 0 Å². The molecule has 0 bridgehead atoms. The van der Waals surface area contributed by atoms with Crippen molar-refractivity contribution in [2.45, 2.75) is 0 Å². The van der Waals surface area contributed by atoms with Crippen LogP contribution < -0.4 is 0 Å². The van der Waals surface area contributed by atoms with Crippen molar-refractivity contribution >= 4 is 21.8 Å². The molecule has 0 aliphatic rings. The van der Waals surface area contributed by atoms with Gasteiger partial charge in [0, 0.05) is 27.5 Å². The van der Waals surface area contributed by atoms with Crippen molar-refractivity contribution in [2.24, 2.45) is 0 Å². The van der Waals surface area contributed by atoms with Crippen molar-refractivity contribution in [3.63, 3.8) is 0 Å². The Morgan fingerprint density at radius 3 is 1.74 bits per heavy atom. The van der Waals surface area contributed by atoms with Gasteiger partial charge in [-0.25, -0.2) is 4.98 Å². The Bertz CT molecular complexity index is 2690. The molecule has 0 fully saturated rings. The lowest BCUT2D eigenvalue weighted by atomic mass is 10.0. The molecular formula is C39H26N4. The lowest BCUT2D eigenvalue weighted by Crippen LogP contribution is -2.07. The predicted molar refractivity (Wildman–Crippen MR) is 176 cm³/mol. The first-order valence-corrected chi connectivity index (χ1v) is 13.6. The zero-order chi connectivity index (χ0) is 36.4. The molecule has 0 unspecified atom stereocenters. The van der Waals surface area contributed by atoms with E-state index in [1.165, 1.54) is 4.57 Å². The van der Waals surface area contributed by atoms with Gasteiger partial charge in [0.15, 0.2) is 11.6 Å². The van der Waals surface area contributed by atoms with E-state index >= 15 is 0 Å². The summed E-state index contributed by atoms with van der Waals surface area (Å²) in [5, 5.41) is 0.535. The van der Waals surface area contributed by atoms with Gasteiger partial charge in [-0.2, -0.15) is 9.97 Å². The summed E-state index contributed by atoms with van der Waals surface area (Å²) in [7, 11) is 0.